The number of rotatable bonds is 16. The van der Waals surface area contributed by atoms with E-state index in [-0.39, 0.29) is 6.61 Å². The lowest BCUT2D eigenvalue weighted by molar-refractivity contribution is -0.332. The van der Waals surface area contributed by atoms with Crippen molar-refractivity contribution in [1.82, 2.24) is 0 Å². The van der Waals surface area contributed by atoms with Crippen LogP contribution in [0.3, 0.4) is 0 Å². The van der Waals surface area contributed by atoms with Crippen LogP contribution in [0.5, 0.6) is 0 Å². The zero-order valence-electron chi connectivity index (χ0n) is 25.2. The predicted molar refractivity (Wildman–Crippen MR) is 167 cm³/mol. The van der Waals surface area contributed by atoms with Crippen LogP contribution in [0.25, 0.3) is 0 Å². The fourth-order valence-electron chi connectivity index (χ4n) is 5.43. The molecule has 1 fully saturated rings. The van der Waals surface area contributed by atoms with Gasteiger partial charge in [0.25, 0.3) is 0 Å². The molecule has 1 aliphatic heterocycles. The lowest BCUT2D eigenvalue weighted by atomic mass is 9.93. The summed E-state index contributed by atoms with van der Waals surface area (Å²) in [6.45, 7) is 1.31. The van der Waals surface area contributed by atoms with Gasteiger partial charge in [-0.3, -0.25) is 0 Å². The highest BCUT2D eigenvalue weighted by Gasteiger charge is 2.51. The summed E-state index contributed by atoms with van der Waals surface area (Å²) in [5, 5.41) is 10.1. The third-order valence-corrected chi connectivity index (χ3v) is 7.71. The molecule has 232 valence electrons. The number of methoxy groups -OCH3 is 1. The lowest BCUT2D eigenvalue weighted by Crippen LogP contribution is -2.63. The summed E-state index contributed by atoms with van der Waals surface area (Å²) in [7, 11) is 1.60. The fourth-order valence-corrected chi connectivity index (χ4v) is 5.43. The summed E-state index contributed by atoms with van der Waals surface area (Å²) in [4.78, 5) is 0. The zero-order chi connectivity index (χ0) is 30.4. The molecule has 1 aliphatic rings. The molecule has 44 heavy (non-hydrogen) atoms. The molecule has 1 heterocycles. The van der Waals surface area contributed by atoms with Gasteiger partial charge >= 0.3 is 0 Å². The van der Waals surface area contributed by atoms with E-state index in [4.69, 9.17) is 28.4 Å². The quantitative estimate of drug-likeness (QED) is 0.168. The second-order valence-corrected chi connectivity index (χ2v) is 10.8. The summed E-state index contributed by atoms with van der Waals surface area (Å²) in [5.74, 6) is 0. The first-order chi connectivity index (χ1) is 21.7. The zero-order valence-corrected chi connectivity index (χ0v) is 25.2. The van der Waals surface area contributed by atoms with E-state index in [1.807, 2.05) is 121 Å². The minimum atomic E-state index is -0.762. The van der Waals surface area contributed by atoms with Gasteiger partial charge in [0.2, 0.25) is 0 Å². The first kappa shape index (κ1) is 32.0. The number of hydrogen-bond donors (Lipinski definition) is 1. The van der Waals surface area contributed by atoms with Gasteiger partial charge in [-0.2, -0.15) is 0 Å². The van der Waals surface area contributed by atoms with Crippen molar-refractivity contribution in [3.05, 3.63) is 144 Å². The number of ether oxygens (including phenoxy) is 6. The lowest BCUT2D eigenvalue weighted by Gasteiger charge is -2.47. The van der Waals surface area contributed by atoms with E-state index >= 15 is 0 Å². The Labute approximate surface area is 260 Å². The van der Waals surface area contributed by atoms with Gasteiger partial charge in [-0.15, -0.1) is 0 Å². The standard InChI is InChI=1S/C37H42O7/c1-39-37-36(43-27-31-20-12-5-13-21-31)35(42-26-30-18-10-4-11-19-30)34(41-25-29-16-8-3-9-17-29)33(44-37)32(22-23-38)40-24-28-14-6-2-7-15-28/h2-21,32-38H,22-27H2,1H3/t32-,33-,34-,35+,36-,37+/m1/s1. The molecule has 0 saturated carbocycles. The molecule has 0 aliphatic carbocycles. The molecule has 0 bridgehead atoms. The van der Waals surface area contributed by atoms with Crippen molar-refractivity contribution in [2.24, 2.45) is 0 Å². The monoisotopic (exact) mass is 598 g/mol. The molecule has 4 aromatic rings. The molecule has 0 amide bonds. The first-order valence-electron chi connectivity index (χ1n) is 15.2. The molecular weight excluding hydrogens is 556 g/mol. The third kappa shape index (κ3) is 9.06. The summed E-state index contributed by atoms with van der Waals surface area (Å²) in [6, 6.07) is 40.0. The number of aliphatic hydroxyl groups is 1. The Morgan fingerprint density at radius 3 is 1.41 bits per heavy atom. The van der Waals surface area contributed by atoms with Crippen molar-refractivity contribution in [2.75, 3.05) is 13.7 Å². The average molecular weight is 599 g/mol. The van der Waals surface area contributed by atoms with Crippen LogP contribution in [-0.2, 0) is 54.8 Å². The second-order valence-electron chi connectivity index (χ2n) is 10.8. The highest BCUT2D eigenvalue weighted by atomic mass is 16.7. The third-order valence-electron chi connectivity index (χ3n) is 7.71. The first-order valence-corrected chi connectivity index (χ1v) is 15.2. The van der Waals surface area contributed by atoms with Gasteiger partial charge in [-0.25, -0.2) is 0 Å². The van der Waals surface area contributed by atoms with Gasteiger partial charge in [0.1, 0.15) is 24.4 Å². The topological polar surface area (TPSA) is 75.6 Å². The van der Waals surface area contributed by atoms with Crippen LogP contribution in [0.2, 0.25) is 0 Å². The Morgan fingerprint density at radius 1 is 0.568 bits per heavy atom. The number of aliphatic hydroxyl groups excluding tert-OH is 1. The molecule has 1 saturated heterocycles. The van der Waals surface area contributed by atoms with E-state index in [1.54, 1.807) is 7.11 Å². The average Bonchev–Trinajstić information content (AvgIpc) is 3.09. The van der Waals surface area contributed by atoms with Gasteiger partial charge in [0.05, 0.1) is 32.5 Å². The molecule has 0 spiro atoms. The smallest absolute Gasteiger partial charge is 0.186 e. The van der Waals surface area contributed by atoms with Crippen molar-refractivity contribution < 1.29 is 33.5 Å². The maximum atomic E-state index is 10.1. The Kier molecular flexibility index (Phi) is 12.5. The van der Waals surface area contributed by atoms with E-state index in [0.717, 1.165) is 22.3 Å². The van der Waals surface area contributed by atoms with Crippen molar-refractivity contribution in [3.63, 3.8) is 0 Å². The molecule has 0 aromatic heterocycles. The molecule has 4 aromatic carbocycles. The van der Waals surface area contributed by atoms with Crippen LogP contribution in [0.4, 0.5) is 0 Å². The Morgan fingerprint density at radius 2 is 0.977 bits per heavy atom. The molecule has 5 rings (SSSR count). The van der Waals surface area contributed by atoms with Crippen LogP contribution < -0.4 is 0 Å². The van der Waals surface area contributed by atoms with Crippen molar-refractivity contribution in [3.8, 4) is 0 Å². The minimum Gasteiger partial charge on any atom is -0.396 e. The number of hydrogen-bond acceptors (Lipinski definition) is 7. The van der Waals surface area contributed by atoms with Crippen LogP contribution in [0.15, 0.2) is 121 Å². The van der Waals surface area contributed by atoms with E-state index in [2.05, 4.69) is 0 Å². The van der Waals surface area contributed by atoms with Gasteiger partial charge in [0, 0.05) is 13.7 Å². The SMILES string of the molecule is CO[C@H]1O[C@H]([C@@H](CCO)OCc2ccccc2)[C@@H](OCc2ccccc2)[C@H](OCc2ccccc2)[C@H]1OCc1ccccc1. The second kappa shape index (κ2) is 17.2. The largest absolute Gasteiger partial charge is 0.396 e. The summed E-state index contributed by atoms with van der Waals surface area (Å²) >= 11 is 0. The van der Waals surface area contributed by atoms with Gasteiger partial charge in [0.15, 0.2) is 6.29 Å². The van der Waals surface area contributed by atoms with Crippen LogP contribution in [0.1, 0.15) is 28.7 Å². The Hall–Kier alpha value is -3.40. The summed E-state index contributed by atoms with van der Waals surface area (Å²) in [6.07, 6.45) is -3.31. The van der Waals surface area contributed by atoms with E-state index in [1.165, 1.54) is 0 Å². The highest BCUT2D eigenvalue weighted by molar-refractivity contribution is 5.16. The Balaban J connectivity index is 1.46. The number of benzene rings is 4. The fraction of sp³-hybridized carbons (Fsp3) is 0.351. The molecule has 7 heteroatoms. The summed E-state index contributed by atoms with van der Waals surface area (Å²) in [5.41, 5.74) is 4.10. The van der Waals surface area contributed by atoms with Crippen LogP contribution >= 0.6 is 0 Å². The van der Waals surface area contributed by atoms with Crippen molar-refractivity contribution >= 4 is 0 Å². The van der Waals surface area contributed by atoms with Crippen LogP contribution in [0, 0.1) is 0 Å². The van der Waals surface area contributed by atoms with Gasteiger partial charge < -0.3 is 33.5 Å². The van der Waals surface area contributed by atoms with E-state index < -0.39 is 36.8 Å². The molecule has 0 unspecified atom stereocenters. The molecule has 1 N–H and O–H groups in total. The van der Waals surface area contributed by atoms with Gasteiger partial charge in [-0.1, -0.05) is 121 Å². The molecule has 6 atom stereocenters. The van der Waals surface area contributed by atoms with Crippen molar-refractivity contribution in [2.45, 2.75) is 69.7 Å². The molecule has 7 nitrogen and oxygen atoms in total. The minimum absolute atomic E-state index is 0.0775. The highest BCUT2D eigenvalue weighted by Crippen LogP contribution is 2.34. The van der Waals surface area contributed by atoms with Gasteiger partial charge in [-0.05, 0) is 28.7 Å². The summed E-state index contributed by atoms with van der Waals surface area (Å²) < 4.78 is 38.9. The van der Waals surface area contributed by atoms with Crippen molar-refractivity contribution in [1.29, 1.82) is 0 Å². The van der Waals surface area contributed by atoms with Crippen LogP contribution in [-0.4, -0.2) is 55.6 Å². The molecular formula is C37H42O7. The Bertz CT molecular complexity index is 1320. The maximum Gasteiger partial charge on any atom is 0.186 e. The van der Waals surface area contributed by atoms with E-state index in [9.17, 15) is 5.11 Å². The maximum absolute atomic E-state index is 10.1. The molecule has 0 radical (unpaired) electrons. The predicted octanol–water partition coefficient (Wildman–Crippen LogP) is 6.08. The van der Waals surface area contributed by atoms with E-state index in [0.29, 0.717) is 32.8 Å². The normalized spacial score (nSPS) is 22.5.